The molecule has 0 fully saturated rings. The Kier molecular flexibility index (Phi) is 2.23. The van der Waals surface area contributed by atoms with Gasteiger partial charge in [-0.1, -0.05) is 36.4 Å². The molecule has 2 rings (SSSR count). The molecule has 0 saturated carbocycles. The quantitative estimate of drug-likeness (QED) is 0.675. The fourth-order valence-corrected chi connectivity index (χ4v) is 1.60. The van der Waals surface area contributed by atoms with Crippen LogP contribution >= 0.6 is 0 Å². The molecule has 70 valence electrons. The van der Waals surface area contributed by atoms with Crippen molar-refractivity contribution in [2.24, 2.45) is 0 Å². The number of benzene rings is 2. The molecule has 1 heteroatoms. The van der Waals surface area contributed by atoms with Gasteiger partial charge < -0.3 is 5.73 Å². The standard InChI is InChI=1S/C13H13N/c1-10-5-2-3-8-13(10)11-6-4-7-12(14)9-11/h2-9H,14H2,1H3. The maximum Gasteiger partial charge on any atom is 0.0320 e. The van der Waals surface area contributed by atoms with E-state index in [0.29, 0.717) is 0 Å². The van der Waals surface area contributed by atoms with Crippen LogP contribution in [0.2, 0.25) is 0 Å². The van der Waals surface area contributed by atoms with Gasteiger partial charge in [0.2, 0.25) is 0 Å². The largest absolute Gasteiger partial charge is 0.399 e. The summed E-state index contributed by atoms with van der Waals surface area (Å²) >= 11 is 0. The zero-order valence-corrected chi connectivity index (χ0v) is 8.20. The highest BCUT2D eigenvalue weighted by Gasteiger charge is 1.99. The maximum absolute atomic E-state index is 5.75. The first-order valence-corrected chi connectivity index (χ1v) is 4.69. The summed E-state index contributed by atoms with van der Waals surface area (Å²) in [5.41, 5.74) is 10.3. The van der Waals surface area contributed by atoms with E-state index in [1.807, 2.05) is 30.3 Å². The summed E-state index contributed by atoms with van der Waals surface area (Å²) in [4.78, 5) is 0. The topological polar surface area (TPSA) is 26.0 Å². The predicted molar refractivity (Wildman–Crippen MR) is 61.0 cm³/mol. The van der Waals surface area contributed by atoms with E-state index >= 15 is 0 Å². The minimum atomic E-state index is 0.811. The Balaban J connectivity index is 2.55. The minimum absolute atomic E-state index is 0.811. The molecule has 0 atom stereocenters. The third-order valence-corrected chi connectivity index (χ3v) is 2.34. The van der Waals surface area contributed by atoms with Crippen molar-refractivity contribution in [2.45, 2.75) is 6.92 Å². The predicted octanol–water partition coefficient (Wildman–Crippen LogP) is 3.24. The van der Waals surface area contributed by atoms with Crippen molar-refractivity contribution in [1.29, 1.82) is 0 Å². The lowest BCUT2D eigenvalue weighted by Crippen LogP contribution is -1.86. The zero-order valence-electron chi connectivity index (χ0n) is 8.20. The smallest absolute Gasteiger partial charge is 0.0320 e. The Morgan fingerprint density at radius 1 is 0.929 bits per heavy atom. The maximum atomic E-state index is 5.75. The van der Waals surface area contributed by atoms with Crippen molar-refractivity contribution in [1.82, 2.24) is 0 Å². The number of anilines is 1. The van der Waals surface area contributed by atoms with Crippen LogP contribution in [0.3, 0.4) is 0 Å². The van der Waals surface area contributed by atoms with Gasteiger partial charge in [-0.05, 0) is 35.7 Å². The molecule has 0 aliphatic carbocycles. The molecule has 0 aromatic heterocycles. The van der Waals surface area contributed by atoms with E-state index in [1.165, 1.54) is 16.7 Å². The molecule has 0 amide bonds. The van der Waals surface area contributed by atoms with Gasteiger partial charge in [0.15, 0.2) is 0 Å². The highest BCUT2D eigenvalue weighted by molar-refractivity contribution is 5.70. The van der Waals surface area contributed by atoms with E-state index in [0.717, 1.165) is 5.69 Å². The summed E-state index contributed by atoms with van der Waals surface area (Å²) in [5, 5.41) is 0. The third-order valence-electron chi connectivity index (χ3n) is 2.34. The van der Waals surface area contributed by atoms with E-state index < -0.39 is 0 Å². The van der Waals surface area contributed by atoms with Crippen LogP contribution in [0.5, 0.6) is 0 Å². The summed E-state index contributed by atoms with van der Waals surface area (Å²) in [6.07, 6.45) is 0. The molecule has 0 aliphatic rings. The molecule has 1 nitrogen and oxygen atoms in total. The molecular formula is C13H13N. The van der Waals surface area contributed by atoms with Gasteiger partial charge in [-0.2, -0.15) is 0 Å². The molecule has 0 aliphatic heterocycles. The van der Waals surface area contributed by atoms with Crippen molar-refractivity contribution in [3.63, 3.8) is 0 Å². The van der Waals surface area contributed by atoms with E-state index in [9.17, 15) is 0 Å². The van der Waals surface area contributed by atoms with Crippen LogP contribution in [0.1, 0.15) is 5.56 Å². The van der Waals surface area contributed by atoms with Crippen molar-refractivity contribution < 1.29 is 0 Å². The van der Waals surface area contributed by atoms with Gasteiger partial charge in [-0.15, -0.1) is 0 Å². The molecular weight excluding hydrogens is 170 g/mol. The van der Waals surface area contributed by atoms with Gasteiger partial charge in [0.05, 0.1) is 0 Å². The molecule has 0 heterocycles. The Labute approximate surface area is 84.2 Å². The lowest BCUT2D eigenvalue weighted by atomic mass is 10.0. The van der Waals surface area contributed by atoms with E-state index in [-0.39, 0.29) is 0 Å². The van der Waals surface area contributed by atoms with Gasteiger partial charge in [0.25, 0.3) is 0 Å². The van der Waals surface area contributed by atoms with Crippen LogP contribution in [0.25, 0.3) is 11.1 Å². The molecule has 0 saturated heterocycles. The number of hydrogen-bond donors (Lipinski definition) is 1. The lowest BCUT2D eigenvalue weighted by molar-refractivity contribution is 1.46. The number of rotatable bonds is 1. The number of aryl methyl sites for hydroxylation is 1. The number of nitrogens with two attached hydrogens (primary N) is 1. The monoisotopic (exact) mass is 183 g/mol. The first-order valence-electron chi connectivity index (χ1n) is 4.69. The molecule has 2 aromatic rings. The summed E-state index contributed by atoms with van der Waals surface area (Å²) in [6, 6.07) is 16.3. The van der Waals surface area contributed by atoms with Gasteiger partial charge in [-0.25, -0.2) is 0 Å². The second-order valence-electron chi connectivity index (χ2n) is 3.44. The fourth-order valence-electron chi connectivity index (χ4n) is 1.60. The molecule has 2 N–H and O–H groups in total. The van der Waals surface area contributed by atoms with Gasteiger partial charge in [0, 0.05) is 5.69 Å². The van der Waals surface area contributed by atoms with E-state index in [2.05, 4.69) is 25.1 Å². The summed E-state index contributed by atoms with van der Waals surface area (Å²) in [7, 11) is 0. The van der Waals surface area contributed by atoms with Gasteiger partial charge in [-0.3, -0.25) is 0 Å². The van der Waals surface area contributed by atoms with Crippen molar-refractivity contribution in [3.8, 4) is 11.1 Å². The third kappa shape index (κ3) is 1.62. The van der Waals surface area contributed by atoms with E-state index in [4.69, 9.17) is 5.73 Å². The molecule has 0 unspecified atom stereocenters. The second kappa shape index (κ2) is 3.54. The van der Waals surface area contributed by atoms with Crippen LogP contribution in [-0.2, 0) is 0 Å². The lowest BCUT2D eigenvalue weighted by Gasteiger charge is -2.05. The van der Waals surface area contributed by atoms with Gasteiger partial charge in [0.1, 0.15) is 0 Å². The molecule has 0 bridgehead atoms. The number of hydrogen-bond acceptors (Lipinski definition) is 1. The first kappa shape index (κ1) is 8.82. The minimum Gasteiger partial charge on any atom is -0.399 e. The Morgan fingerprint density at radius 2 is 1.71 bits per heavy atom. The summed E-state index contributed by atoms with van der Waals surface area (Å²) < 4.78 is 0. The van der Waals surface area contributed by atoms with Crippen molar-refractivity contribution in [2.75, 3.05) is 5.73 Å². The normalized spacial score (nSPS) is 10.1. The fraction of sp³-hybridized carbons (Fsp3) is 0.0769. The summed E-state index contributed by atoms with van der Waals surface area (Å²) in [6.45, 7) is 2.11. The average Bonchev–Trinajstić information content (AvgIpc) is 2.18. The molecule has 0 radical (unpaired) electrons. The second-order valence-corrected chi connectivity index (χ2v) is 3.44. The van der Waals surface area contributed by atoms with Crippen LogP contribution in [0.15, 0.2) is 48.5 Å². The van der Waals surface area contributed by atoms with Gasteiger partial charge >= 0.3 is 0 Å². The summed E-state index contributed by atoms with van der Waals surface area (Å²) in [5.74, 6) is 0. The SMILES string of the molecule is Cc1ccccc1-c1cccc(N)c1. The zero-order chi connectivity index (χ0) is 9.97. The van der Waals surface area contributed by atoms with Crippen LogP contribution in [-0.4, -0.2) is 0 Å². The molecule has 0 spiro atoms. The Morgan fingerprint density at radius 3 is 2.43 bits per heavy atom. The highest BCUT2D eigenvalue weighted by atomic mass is 14.5. The highest BCUT2D eigenvalue weighted by Crippen LogP contribution is 2.24. The van der Waals surface area contributed by atoms with Crippen LogP contribution in [0.4, 0.5) is 5.69 Å². The first-order chi connectivity index (χ1) is 6.77. The van der Waals surface area contributed by atoms with Crippen molar-refractivity contribution in [3.05, 3.63) is 54.1 Å². The van der Waals surface area contributed by atoms with Crippen LogP contribution < -0.4 is 5.73 Å². The Bertz CT molecular complexity index is 446. The molecule has 2 aromatic carbocycles. The van der Waals surface area contributed by atoms with Crippen LogP contribution in [0, 0.1) is 6.92 Å². The average molecular weight is 183 g/mol. The van der Waals surface area contributed by atoms with Crippen molar-refractivity contribution >= 4 is 5.69 Å². The Hall–Kier alpha value is -1.76. The molecule has 14 heavy (non-hydrogen) atoms. The van der Waals surface area contributed by atoms with E-state index in [1.54, 1.807) is 0 Å². The number of nitrogen functional groups attached to an aromatic ring is 1.